The summed E-state index contributed by atoms with van der Waals surface area (Å²) in [6, 6.07) is 6.90. The second-order valence-corrected chi connectivity index (χ2v) is 5.40. The standard InChI is InChI=1S/C15H11N3O11/c19-10(5-9-1-3-12(4-2-9)27-16(21)22)6-13-14(28-17(23)24)7-11(20)8-15(13)29-18(25)26/h1-4,7-8,20H,5-6H2. The molecule has 0 heterocycles. The topological polar surface area (TPSA) is 194 Å². The molecule has 0 aliphatic rings. The average Bonchev–Trinajstić information content (AvgIpc) is 2.58. The van der Waals surface area contributed by atoms with Crippen LogP contribution in [0.1, 0.15) is 11.1 Å². The van der Waals surface area contributed by atoms with Crippen LogP contribution in [0.5, 0.6) is 23.0 Å². The van der Waals surface area contributed by atoms with Crippen LogP contribution in [0.25, 0.3) is 0 Å². The Bertz CT molecular complexity index is 921. The lowest BCUT2D eigenvalue weighted by Crippen LogP contribution is -2.14. The summed E-state index contributed by atoms with van der Waals surface area (Å²) in [7, 11) is 0. The first kappa shape index (κ1) is 20.8. The number of aromatic hydroxyl groups is 1. The van der Waals surface area contributed by atoms with E-state index in [1.807, 2.05) is 0 Å². The highest BCUT2D eigenvalue weighted by Gasteiger charge is 2.20. The second-order valence-electron chi connectivity index (χ2n) is 5.40. The van der Waals surface area contributed by atoms with Crippen LogP contribution in [-0.4, -0.2) is 26.1 Å². The number of rotatable bonds is 10. The Balaban J connectivity index is 2.24. The summed E-state index contributed by atoms with van der Waals surface area (Å²) < 4.78 is 0. The molecule has 0 fully saturated rings. The van der Waals surface area contributed by atoms with E-state index in [4.69, 9.17) is 0 Å². The average molecular weight is 409 g/mol. The molecule has 0 bridgehead atoms. The smallest absolute Gasteiger partial charge is 0.299 e. The zero-order valence-corrected chi connectivity index (χ0v) is 14.2. The molecule has 0 atom stereocenters. The number of carbonyl (C=O) groups is 1. The fourth-order valence-corrected chi connectivity index (χ4v) is 2.35. The Hall–Kier alpha value is -4.49. The fourth-order valence-electron chi connectivity index (χ4n) is 2.35. The molecule has 0 saturated heterocycles. The molecule has 2 aromatic rings. The van der Waals surface area contributed by atoms with E-state index in [9.17, 15) is 40.2 Å². The van der Waals surface area contributed by atoms with Gasteiger partial charge in [0.05, 0.1) is 0 Å². The van der Waals surface area contributed by atoms with Gasteiger partial charge in [0.25, 0.3) is 15.3 Å². The molecule has 2 rings (SSSR count). The van der Waals surface area contributed by atoms with E-state index in [0.29, 0.717) is 5.56 Å². The number of hydrogen-bond donors (Lipinski definition) is 1. The van der Waals surface area contributed by atoms with Gasteiger partial charge in [-0.2, -0.15) is 0 Å². The number of hydrogen-bond acceptors (Lipinski definition) is 11. The van der Waals surface area contributed by atoms with Gasteiger partial charge >= 0.3 is 0 Å². The molecule has 0 unspecified atom stereocenters. The predicted molar refractivity (Wildman–Crippen MR) is 89.8 cm³/mol. The Kier molecular flexibility index (Phi) is 6.42. The van der Waals surface area contributed by atoms with Crippen molar-refractivity contribution in [3.63, 3.8) is 0 Å². The summed E-state index contributed by atoms with van der Waals surface area (Å²) in [6.45, 7) is 0. The molecular weight excluding hydrogens is 398 g/mol. The van der Waals surface area contributed by atoms with Gasteiger partial charge in [-0.25, -0.2) is 0 Å². The normalized spacial score (nSPS) is 10.1. The molecule has 0 aliphatic carbocycles. The predicted octanol–water partition coefficient (Wildman–Crippen LogP) is 1.46. The van der Waals surface area contributed by atoms with Crippen molar-refractivity contribution in [2.45, 2.75) is 12.8 Å². The highest BCUT2D eigenvalue weighted by atomic mass is 17.0. The highest BCUT2D eigenvalue weighted by Crippen LogP contribution is 2.35. The number of phenolic OH excluding ortho intramolecular Hbond substituents is 1. The van der Waals surface area contributed by atoms with Crippen molar-refractivity contribution < 1.29 is 39.7 Å². The van der Waals surface area contributed by atoms with Gasteiger partial charge in [-0.3, -0.25) is 19.3 Å². The van der Waals surface area contributed by atoms with E-state index in [1.165, 1.54) is 24.3 Å². The first-order valence-electron chi connectivity index (χ1n) is 7.57. The lowest BCUT2D eigenvalue weighted by molar-refractivity contribution is -0.713. The molecule has 0 aromatic heterocycles. The molecule has 1 N–H and O–H groups in total. The Morgan fingerprint density at radius 1 is 0.828 bits per heavy atom. The van der Waals surface area contributed by atoms with Gasteiger partial charge < -0.3 is 5.11 Å². The number of benzene rings is 2. The maximum absolute atomic E-state index is 12.4. The first-order chi connectivity index (χ1) is 13.6. The maximum Gasteiger partial charge on any atom is 0.299 e. The fraction of sp³-hybridized carbons (Fsp3) is 0.133. The maximum atomic E-state index is 12.4. The number of ketones is 1. The lowest BCUT2D eigenvalue weighted by atomic mass is 10.0. The molecule has 0 amide bonds. The van der Waals surface area contributed by atoms with Crippen LogP contribution >= 0.6 is 0 Å². The van der Waals surface area contributed by atoms with Gasteiger partial charge in [-0.1, -0.05) is 12.1 Å². The molecule has 14 heteroatoms. The van der Waals surface area contributed by atoms with Crippen molar-refractivity contribution in [1.82, 2.24) is 0 Å². The molecule has 0 saturated carbocycles. The van der Waals surface area contributed by atoms with Crippen LogP contribution in [0, 0.1) is 30.3 Å². The van der Waals surface area contributed by atoms with Gasteiger partial charge in [0.1, 0.15) is 28.8 Å². The number of nitrogens with zero attached hydrogens (tertiary/aromatic N) is 3. The zero-order chi connectivity index (χ0) is 21.6. The molecule has 29 heavy (non-hydrogen) atoms. The van der Waals surface area contributed by atoms with Crippen molar-refractivity contribution in [3.8, 4) is 23.0 Å². The Morgan fingerprint density at radius 2 is 1.31 bits per heavy atom. The molecule has 0 radical (unpaired) electrons. The number of carbonyl (C=O) groups excluding carboxylic acids is 1. The summed E-state index contributed by atoms with van der Waals surface area (Å²) in [5.41, 5.74) is 0.118. The molecule has 0 spiro atoms. The van der Waals surface area contributed by atoms with Gasteiger partial charge in [0.2, 0.25) is 0 Å². The van der Waals surface area contributed by atoms with E-state index in [0.717, 1.165) is 12.1 Å². The molecule has 0 aliphatic heterocycles. The van der Waals surface area contributed by atoms with E-state index in [1.54, 1.807) is 0 Å². The summed E-state index contributed by atoms with van der Waals surface area (Å²) in [5.74, 6) is -2.42. The minimum absolute atomic E-state index is 0.0620. The van der Waals surface area contributed by atoms with E-state index in [-0.39, 0.29) is 17.7 Å². The van der Waals surface area contributed by atoms with Crippen molar-refractivity contribution in [2.75, 3.05) is 0 Å². The highest BCUT2D eigenvalue weighted by molar-refractivity contribution is 5.84. The van der Waals surface area contributed by atoms with Crippen molar-refractivity contribution >= 4 is 5.78 Å². The summed E-state index contributed by atoms with van der Waals surface area (Å²) in [4.78, 5) is 56.7. The molecular formula is C15H11N3O11. The minimum Gasteiger partial charge on any atom is -0.508 e. The van der Waals surface area contributed by atoms with Crippen molar-refractivity contribution in [3.05, 3.63) is 77.9 Å². The molecule has 152 valence electrons. The third kappa shape index (κ3) is 6.31. The van der Waals surface area contributed by atoms with Gasteiger partial charge in [-0.05, 0) is 17.7 Å². The van der Waals surface area contributed by atoms with Crippen LogP contribution in [0.4, 0.5) is 0 Å². The quantitative estimate of drug-likeness (QED) is 0.440. The van der Waals surface area contributed by atoms with Crippen molar-refractivity contribution in [1.29, 1.82) is 0 Å². The summed E-state index contributed by atoms with van der Waals surface area (Å²) in [5, 5.41) is 37.7. The van der Waals surface area contributed by atoms with E-state index >= 15 is 0 Å². The van der Waals surface area contributed by atoms with Gasteiger partial charge in [0, 0.05) is 30.5 Å². The van der Waals surface area contributed by atoms with Gasteiger partial charge in [0.15, 0.2) is 0 Å². The van der Waals surface area contributed by atoms with Crippen LogP contribution in [0.2, 0.25) is 0 Å². The SMILES string of the molecule is O=C(Cc1ccc(O[N+](=O)[O-])cc1)Cc1c(O[N+](=O)[O-])cc(O)cc1O[N+](=O)[O-]. The molecule has 2 aromatic carbocycles. The second kappa shape index (κ2) is 8.94. The van der Waals surface area contributed by atoms with Crippen LogP contribution in [-0.2, 0) is 17.6 Å². The summed E-state index contributed by atoms with van der Waals surface area (Å²) >= 11 is 0. The van der Waals surface area contributed by atoms with Crippen LogP contribution in [0.15, 0.2) is 36.4 Å². The summed E-state index contributed by atoms with van der Waals surface area (Å²) in [6.07, 6.45) is -0.769. The molecule has 14 nitrogen and oxygen atoms in total. The third-order valence-corrected chi connectivity index (χ3v) is 3.38. The van der Waals surface area contributed by atoms with Crippen LogP contribution < -0.4 is 14.5 Å². The van der Waals surface area contributed by atoms with Crippen LogP contribution in [0.3, 0.4) is 0 Å². The Morgan fingerprint density at radius 3 is 1.76 bits per heavy atom. The minimum atomic E-state index is -1.22. The Labute approximate surface area is 160 Å². The van der Waals surface area contributed by atoms with E-state index in [2.05, 4.69) is 14.5 Å². The largest absolute Gasteiger partial charge is 0.508 e. The zero-order valence-electron chi connectivity index (χ0n) is 14.2. The van der Waals surface area contributed by atoms with Crippen molar-refractivity contribution in [2.24, 2.45) is 0 Å². The van der Waals surface area contributed by atoms with Gasteiger partial charge in [-0.15, -0.1) is 30.3 Å². The lowest BCUT2D eigenvalue weighted by Gasteiger charge is -2.12. The number of Topliss-reactive ketones (excluding diaryl/α,β-unsaturated/α-hetero) is 1. The number of phenols is 1. The van der Waals surface area contributed by atoms with E-state index < -0.39 is 44.7 Å². The third-order valence-electron chi connectivity index (χ3n) is 3.38. The first-order valence-corrected chi connectivity index (χ1v) is 7.57. The monoisotopic (exact) mass is 409 g/mol.